The summed E-state index contributed by atoms with van der Waals surface area (Å²) >= 11 is 0. The number of amides is 1. The normalized spacial score (nSPS) is 19.4. The molecule has 0 aromatic carbocycles. The predicted molar refractivity (Wildman–Crippen MR) is 78.3 cm³/mol. The van der Waals surface area contributed by atoms with Gasteiger partial charge in [0.2, 0.25) is 5.91 Å². The summed E-state index contributed by atoms with van der Waals surface area (Å²) in [6.45, 7) is 11.4. The number of hydrogen-bond donors (Lipinski definition) is 2. The van der Waals surface area contributed by atoms with E-state index in [2.05, 4.69) is 43.2 Å². The Hall–Kier alpha value is -0.320. The van der Waals surface area contributed by atoms with Crippen LogP contribution >= 0.6 is 12.4 Å². The Morgan fingerprint density at radius 1 is 1.33 bits per heavy atom. The molecule has 1 fully saturated rings. The summed E-state index contributed by atoms with van der Waals surface area (Å²) in [7, 11) is 0. The zero-order valence-electron chi connectivity index (χ0n) is 12.0. The first kappa shape index (κ1) is 17.7. The quantitative estimate of drug-likeness (QED) is 0.771. The van der Waals surface area contributed by atoms with Gasteiger partial charge in [0, 0.05) is 25.2 Å². The highest BCUT2D eigenvalue weighted by molar-refractivity contribution is 5.85. The standard InChI is InChI=1S/C13H27N3O.ClH/c1-10(2)16(11(3)4)9-8-15-13(17)12-6-5-7-14-12;/h10-12,14H,5-9H2,1-4H3,(H,15,17);1H. The van der Waals surface area contributed by atoms with E-state index in [1.165, 1.54) is 0 Å². The topological polar surface area (TPSA) is 44.4 Å². The molecule has 1 unspecified atom stereocenters. The van der Waals surface area contributed by atoms with E-state index in [0.717, 1.165) is 32.5 Å². The molecule has 0 aromatic heterocycles. The zero-order chi connectivity index (χ0) is 12.8. The van der Waals surface area contributed by atoms with Gasteiger partial charge in [0.15, 0.2) is 0 Å². The summed E-state index contributed by atoms with van der Waals surface area (Å²) in [4.78, 5) is 14.2. The Bertz CT molecular complexity index is 232. The van der Waals surface area contributed by atoms with Crippen LogP contribution in [-0.2, 0) is 4.79 Å². The summed E-state index contributed by atoms with van der Waals surface area (Å²) in [6, 6.07) is 1.09. The van der Waals surface area contributed by atoms with Gasteiger partial charge in [0.1, 0.15) is 0 Å². The molecule has 1 aliphatic rings. The SMILES string of the molecule is CC(C)N(CCNC(=O)C1CCCN1)C(C)C.Cl. The van der Waals surface area contributed by atoms with Crippen molar-refractivity contribution in [3.63, 3.8) is 0 Å². The third kappa shape index (κ3) is 5.55. The molecule has 0 saturated carbocycles. The Balaban J connectivity index is 0.00000289. The molecule has 108 valence electrons. The minimum atomic E-state index is 0. The van der Waals surface area contributed by atoms with Gasteiger partial charge < -0.3 is 10.6 Å². The second-order valence-electron chi connectivity index (χ2n) is 5.37. The first-order valence-electron chi connectivity index (χ1n) is 6.79. The molecule has 0 spiro atoms. The van der Waals surface area contributed by atoms with Gasteiger partial charge >= 0.3 is 0 Å². The second-order valence-corrected chi connectivity index (χ2v) is 5.37. The fourth-order valence-electron chi connectivity index (χ4n) is 2.45. The molecule has 18 heavy (non-hydrogen) atoms. The van der Waals surface area contributed by atoms with Crippen LogP contribution < -0.4 is 10.6 Å². The Morgan fingerprint density at radius 2 is 1.94 bits per heavy atom. The molecular weight excluding hydrogens is 250 g/mol. The van der Waals surface area contributed by atoms with Crippen molar-refractivity contribution in [3.8, 4) is 0 Å². The minimum Gasteiger partial charge on any atom is -0.353 e. The van der Waals surface area contributed by atoms with E-state index in [1.807, 2.05) is 0 Å². The number of rotatable bonds is 6. The first-order valence-corrected chi connectivity index (χ1v) is 6.79. The molecule has 5 heteroatoms. The van der Waals surface area contributed by atoms with Crippen molar-refractivity contribution in [2.24, 2.45) is 0 Å². The number of carbonyl (C=O) groups excluding carboxylic acids is 1. The van der Waals surface area contributed by atoms with Crippen molar-refractivity contribution >= 4 is 18.3 Å². The van der Waals surface area contributed by atoms with E-state index in [1.54, 1.807) is 0 Å². The predicted octanol–water partition coefficient (Wildman–Crippen LogP) is 1.40. The van der Waals surface area contributed by atoms with E-state index in [0.29, 0.717) is 12.1 Å². The van der Waals surface area contributed by atoms with Gasteiger partial charge in [-0.15, -0.1) is 12.4 Å². The lowest BCUT2D eigenvalue weighted by Gasteiger charge is -2.30. The van der Waals surface area contributed by atoms with Gasteiger partial charge in [-0.05, 0) is 47.1 Å². The lowest BCUT2D eigenvalue weighted by Crippen LogP contribution is -2.46. The van der Waals surface area contributed by atoms with Crippen LogP contribution in [0.4, 0.5) is 0 Å². The third-order valence-electron chi connectivity index (χ3n) is 3.37. The van der Waals surface area contributed by atoms with Gasteiger partial charge in [-0.25, -0.2) is 0 Å². The summed E-state index contributed by atoms with van der Waals surface area (Å²) < 4.78 is 0. The molecule has 0 radical (unpaired) electrons. The lowest BCUT2D eigenvalue weighted by atomic mass is 10.2. The number of hydrogen-bond acceptors (Lipinski definition) is 3. The van der Waals surface area contributed by atoms with Crippen molar-refractivity contribution in [1.29, 1.82) is 0 Å². The van der Waals surface area contributed by atoms with E-state index in [4.69, 9.17) is 0 Å². The van der Waals surface area contributed by atoms with Gasteiger partial charge in [-0.1, -0.05) is 0 Å². The van der Waals surface area contributed by atoms with Crippen LogP contribution in [0.2, 0.25) is 0 Å². The van der Waals surface area contributed by atoms with E-state index < -0.39 is 0 Å². The molecule has 1 aliphatic heterocycles. The van der Waals surface area contributed by atoms with E-state index in [9.17, 15) is 4.79 Å². The molecule has 4 nitrogen and oxygen atoms in total. The molecule has 0 aliphatic carbocycles. The van der Waals surface area contributed by atoms with Crippen LogP contribution in [0, 0.1) is 0 Å². The fraction of sp³-hybridized carbons (Fsp3) is 0.923. The van der Waals surface area contributed by atoms with Gasteiger partial charge in [0.05, 0.1) is 6.04 Å². The summed E-state index contributed by atoms with van der Waals surface area (Å²) in [5.74, 6) is 0.162. The van der Waals surface area contributed by atoms with Crippen LogP contribution in [-0.4, -0.2) is 48.6 Å². The highest BCUT2D eigenvalue weighted by atomic mass is 35.5. The lowest BCUT2D eigenvalue weighted by molar-refractivity contribution is -0.122. The van der Waals surface area contributed by atoms with E-state index >= 15 is 0 Å². The number of nitrogens with zero attached hydrogens (tertiary/aromatic N) is 1. The van der Waals surface area contributed by atoms with Crippen LogP contribution in [0.15, 0.2) is 0 Å². The highest BCUT2D eigenvalue weighted by Gasteiger charge is 2.21. The molecule has 0 bridgehead atoms. The molecule has 1 rings (SSSR count). The third-order valence-corrected chi connectivity index (χ3v) is 3.37. The maximum absolute atomic E-state index is 11.8. The Labute approximate surface area is 117 Å². The monoisotopic (exact) mass is 277 g/mol. The molecule has 1 atom stereocenters. The van der Waals surface area contributed by atoms with Crippen LogP contribution in [0.1, 0.15) is 40.5 Å². The molecule has 1 amide bonds. The highest BCUT2D eigenvalue weighted by Crippen LogP contribution is 2.05. The maximum Gasteiger partial charge on any atom is 0.237 e. The molecule has 1 saturated heterocycles. The van der Waals surface area contributed by atoms with Gasteiger partial charge in [-0.2, -0.15) is 0 Å². The molecule has 2 N–H and O–H groups in total. The molecular formula is C13H28ClN3O. The van der Waals surface area contributed by atoms with Crippen LogP contribution in [0.25, 0.3) is 0 Å². The van der Waals surface area contributed by atoms with Crippen LogP contribution in [0.5, 0.6) is 0 Å². The number of carbonyl (C=O) groups is 1. The summed E-state index contributed by atoms with van der Waals surface area (Å²) in [5.41, 5.74) is 0. The van der Waals surface area contributed by atoms with Crippen molar-refractivity contribution in [1.82, 2.24) is 15.5 Å². The summed E-state index contributed by atoms with van der Waals surface area (Å²) in [5, 5.41) is 6.24. The smallest absolute Gasteiger partial charge is 0.237 e. The van der Waals surface area contributed by atoms with E-state index in [-0.39, 0.29) is 24.4 Å². The Kier molecular flexibility index (Phi) is 8.57. The van der Waals surface area contributed by atoms with Crippen molar-refractivity contribution in [2.75, 3.05) is 19.6 Å². The van der Waals surface area contributed by atoms with Crippen LogP contribution in [0.3, 0.4) is 0 Å². The average Bonchev–Trinajstić information content (AvgIpc) is 2.76. The number of nitrogens with one attached hydrogen (secondary N) is 2. The van der Waals surface area contributed by atoms with Crippen molar-refractivity contribution in [2.45, 2.75) is 58.7 Å². The molecule has 0 aromatic rings. The maximum atomic E-state index is 11.8. The minimum absolute atomic E-state index is 0. The average molecular weight is 278 g/mol. The zero-order valence-corrected chi connectivity index (χ0v) is 12.8. The fourth-order valence-corrected chi connectivity index (χ4v) is 2.45. The first-order chi connectivity index (χ1) is 8.02. The van der Waals surface area contributed by atoms with Gasteiger partial charge in [0.25, 0.3) is 0 Å². The van der Waals surface area contributed by atoms with Crippen molar-refractivity contribution < 1.29 is 4.79 Å². The second kappa shape index (κ2) is 8.73. The number of halogens is 1. The Morgan fingerprint density at radius 3 is 2.39 bits per heavy atom. The van der Waals surface area contributed by atoms with Crippen molar-refractivity contribution in [3.05, 3.63) is 0 Å². The summed E-state index contributed by atoms with van der Waals surface area (Å²) in [6.07, 6.45) is 2.09. The van der Waals surface area contributed by atoms with Gasteiger partial charge in [-0.3, -0.25) is 9.69 Å². The molecule has 1 heterocycles. The largest absolute Gasteiger partial charge is 0.353 e.